The van der Waals surface area contributed by atoms with Crippen LogP contribution in [-0.2, 0) is 14.3 Å². The number of anilines is 1. The van der Waals surface area contributed by atoms with E-state index >= 15 is 0 Å². The number of carbonyl (C=O) groups excluding carboxylic acids is 2. The molecule has 2 aromatic rings. The van der Waals surface area contributed by atoms with Crippen LogP contribution in [0, 0.1) is 11.6 Å². The van der Waals surface area contributed by atoms with Crippen LogP contribution in [-0.4, -0.2) is 68.1 Å². The van der Waals surface area contributed by atoms with E-state index in [0.29, 0.717) is 31.1 Å². The van der Waals surface area contributed by atoms with Crippen molar-refractivity contribution in [2.45, 2.75) is 0 Å². The number of morpholine rings is 1. The molecule has 0 spiro atoms. The molecule has 0 aromatic heterocycles. The van der Waals surface area contributed by atoms with E-state index < -0.39 is 23.4 Å². The average Bonchev–Trinajstić information content (AvgIpc) is 3.04. The Morgan fingerprint density at radius 1 is 1.00 bits per heavy atom. The highest BCUT2D eigenvalue weighted by atomic mass is 19.2. The third kappa shape index (κ3) is 4.35. The lowest BCUT2D eigenvalue weighted by molar-refractivity contribution is -0.137. The van der Waals surface area contributed by atoms with Crippen LogP contribution in [0.3, 0.4) is 0 Å². The van der Waals surface area contributed by atoms with Crippen molar-refractivity contribution in [2.75, 3.05) is 51.8 Å². The molecule has 0 unspecified atom stereocenters. The molecule has 2 amide bonds. The highest BCUT2D eigenvalue weighted by Crippen LogP contribution is 2.35. The number of ether oxygens (including phenoxy) is 2. The number of para-hydroxylation sites is 1. The second-order valence-electron chi connectivity index (χ2n) is 7.42. The van der Waals surface area contributed by atoms with Crippen LogP contribution in [0.15, 0.2) is 48.2 Å². The topological polar surface area (TPSA) is 71.1 Å². The molecule has 1 fully saturated rings. The van der Waals surface area contributed by atoms with E-state index in [9.17, 15) is 18.4 Å². The molecule has 0 aliphatic carbocycles. The summed E-state index contributed by atoms with van der Waals surface area (Å²) in [6.07, 6.45) is 0. The second-order valence-corrected chi connectivity index (χ2v) is 7.42. The summed E-state index contributed by atoms with van der Waals surface area (Å²) >= 11 is 0. The lowest BCUT2D eigenvalue weighted by Crippen LogP contribution is -2.43. The fourth-order valence-electron chi connectivity index (χ4n) is 3.78. The molecule has 2 heterocycles. The van der Waals surface area contributed by atoms with Gasteiger partial charge in [0, 0.05) is 43.5 Å². The maximum Gasteiger partial charge on any atom is 0.278 e. The number of benzene rings is 2. The predicted octanol–water partition coefficient (Wildman–Crippen LogP) is 2.50. The van der Waals surface area contributed by atoms with Gasteiger partial charge in [-0.15, -0.1) is 0 Å². The smallest absolute Gasteiger partial charge is 0.278 e. The van der Waals surface area contributed by atoms with Crippen molar-refractivity contribution in [2.24, 2.45) is 0 Å². The van der Waals surface area contributed by atoms with Gasteiger partial charge in [0.1, 0.15) is 11.4 Å². The first-order valence-electron chi connectivity index (χ1n) is 10.3. The van der Waals surface area contributed by atoms with Crippen LogP contribution >= 0.6 is 0 Å². The molecule has 9 heteroatoms. The Bertz CT molecular complexity index is 1070. The quantitative estimate of drug-likeness (QED) is 0.664. The van der Waals surface area contributed by atoms with Crippen molar-refractivity contribution in [3.8, 4) is 5.75 Å². The van der Waals surface area contributed by atoms with Crippen LogP contribution in [0.2, 0.25) is 0 Å². The zero-order valence-corrected chi connectivity index (χ0v) is 17.6. The monoisotopic (exact) mass is 443 g/mol. The van der Waals surface area contributed by atoms with E-state index in [1.54, 1.807) is 24.3 Å². The van der Waals surface area contributed by atoms with E-state index in [4.69, 9.17) is 9.47 Å². The van der Waals surface area contributed by atoms with Gasteiger partial charge in [0.05, 0.1) is 25.9 Å². The van der Waals surface area contributed by atoms with Crippen LogP contribution in [0.25, 0.3) is 5.57 Å². The van der Waals surface area contributed by atoms with E-state index in [1.807, 2.05) is 0 Å². The van der Waals surface area contributed by atoms with Gasteiger partial charge in [0.2, 0.25) is 0 Å². The highest BCUT2D eigenvalue weighted by Gasteiger charge is 2.40. The van der Waals surface area contributed by atoms with Crippen LogP contribution < -0.4 is 10.1 Å². The molecule has 0 bridgehead atoms. The summed E-state index contributed by atoms with van der Waals surface area (Å²) in [5, 5.41) is 2.83. The molecule has 1 saturated heterocycles. The molecule has 0 atom stereocenters. The van der Waals surface area contributed by atoms with Crippen molar-refractivity contribution < 1.29 is 27.8 Å². The van der Waals surface area contributed by atoms with Crippen molar-refractivity contribution in [1.29, 1.82) is 0 Å². The molecular weight excluding hydrogens is 420 g/mol. The molecule has 2 aliphatic rings. The Balaban J connectivity index is 1.67. The lowest BCUT2D eigenvalue weighted by atomic mass is 10.0. The lowest BCUT2D eigenvalue weighted by Gasteiger charge is -2.28. The van der Waals surface area contributed by atoms with Crippen molar-refractivity contribution in [1.82, 2.24) is 9.80 Å². The molecule has 7 nitrogen and oxygen atoms in total. The van der Waals surface area contributed by atoms with Gasteiger partial charge in [0.15, 0.2) is 11.6 Å². The summed E-state index contributed by atoms with van der Waals surface area (Å²) in [6, 6.07) is 10.1. The zero-order valence-electron chi connectivity index (χ0n) is 17.6. The van der Waals surface area contributed by atoms with E-state index in [-0.39, 0.29) is 23.5 Å². The summed E-state index contributed by atoms with van der Waals surface area (Å²) in [6.45, 7) is 3.37. The van der Waals surface area contributed by atoms with Gasteiger partial charge in [-0.2, -0.15) is 0 Å². The van der Waals surface area contributed by atoms with Gasteiger partial charge in [-0.25, -0.2) is 8.78 Å². The van der Waals surface area contributed by atoms with Gasteiger partial charge >= 0.3 is 0 Å². The molecule has 1 N–H and O–H groups in total. The Kier molecular flexibility index (Phi) is 6.48. The maximum absolute atomic E-state index is 13.7. The molecular formula is C23H23F2N3O4. The van der Waals surface area contributed by atoms with Crippen molar-refractivity contribution >= 4 is 23.1 Å². The number of methoxy groups -OCH3 is 1. The standard InChI is InChI=1S/C23H23F2N3O4/c1-31-19-5-3-2-4-16(19)20-21(26-15-6-7-17(24)18(25)14-15)23(30)28(22(20)29)9-8-27-10-12-32-13-11-27/h2-7,14,26H,8-13H2,1H3. The Morgan fingerprint density at radius 2 is 1.75 bits per heavy atom. The van der Waals surface area contributed by atoms with E-state index in [1.165, 1.54) is 18.1 Å². The third-order valence-electron chi connectivity index (χ3n) is 5.48. The first kappa shape index (κ1) is 21.9. The fraction of sp³-hybridized carbons (Fsp3) is 0.304. The maximum atomic E-state index is 13.7. The van der Waals surface area contributed by atoms with Crippen LogP contribution in [0.4, 0.5) is 14.5 Å². The number of hydrogen-bond donors (Lipinski definition) is 1. The Labute approximate surface area is 184 Å². The van der Waals surface area contributed by atoms with E-state index in [0.717, 1.165) is 25.2 Å². The number of carbonyl (C=O) groups is 2. The summed E-state index contributed by atoms with van der Waals surface area (Å²) in [5.41, 5.74) is 0.710. The minimum Gasteiger partial charge on any atom is -0.496 e. The van der Waals surface area contributed by atoms with Crippen molar-refractivity contribution in [3.05, 3.63) is 65.4 Å². The number of rotatable bonds is 7. The van der Waals surface area contributed by atoms with Crippen LogP contribution in [0.5, 0.6) is 5.75 Å². The summed E-state index contributed by atoms with van der Waals surface area (Å²) in [5.74, 6) is -2.65. The first-order chi connectivity index (χ1) is 15.5. The van der Waals surface area contributed by atoms with Crippen LogP contribution in [0.1, 0.15) is 5.56 Å². The number of nitrogens with one attached hydrogen (secondary N) is 1. The van der Waals surface area contributed by atoms with Crippen molar-refractivity contribution in [3.63, 3.8) is 0 Å². The molecule has 2 aliphatic heterocycles. The normalized spacial score (nSPS) is 17.3. The molecule has 2 aromatic carbocycles. The minimum atomic E-state index is -1.06. The number of imide groups is 1. The molecule has 32 heavy (non-hydrogen) atoms. The summed E-state index contributed by atoms with van der Waals surface area (Å²) in [4.78, 5) is 29.9. The molecule has 168 valence electrons. The molecule has 4 rings (SSSR count). The zero-order chi connectivity index (χ0) is 22.7. The number of halogens is 2. The first-order valence-corrected chi connectivity index (χ1v) is 10.3. The van der Waals surface area contributed by atoms with Gasteiger partial charge < -0.3 is 14.8 Å². The van der Waals surface area contributed by atoms with Gasteiger partial charge in [-0.1, -0.05) is 18.2 Å². The predicted molar refractivity (Wildman–Crippen MR) is 114 cm³/mol. The Morgan fingerprint density at radius 3 is 2.47 bits per heavy atom. The SMILES string of the molecule is COc1ccccc1C1=C(Nc2ccc(F)c(F)c2)C(=O)N(CCN2CCOCC2)C1=O. The minimum absolute atomic E-state index is 0.00696. The number of hydrogen-bond acceptors (Lipinski definition) is 6. The molecule has 0 radical (unpaired) electrons. The van der Waals surface area contributed by atoms with Gasteiger partial charge in [0.25, 0.3) is 11.8 Å². The summed E-state index contributed by atoms with van der Waals surface area (Å²) in [7, 11) is 1.47. The third-order valence-corrected chi connectivity index (χ3v) is 5.48. The fourth-order valence-corrected chi connectivity index (χ4v) is 3.78. The van der Waals surface area contributed by atoms with E-state index in [2.05, 4.69) is 10.2 Å². The average molecular weight is 443 g/mol. The number of nitrogens with zero attached hydrogens (tertiary/aromatic N) is 2. The summed E-state index contributed by atoms with van der Waals surface area (Å²) < 4.78 is 37.8. The number of amides is 2. The van der Waals surface area contributed by atoms with Gasteiger partial charge in [-0.3, -0.25) is 19.4 Å². The highest BCUT2D eigenvalue weighted by molar-refractivity contribution is 6.37. The largest absolute Gasteiger partial charge is 0.496 e. The molecule has 0 saturated carbocycles. The second kappa shape index (κ2) is 9.46. The Hall–Kier alpha value is -3.30. The van der Waals surface area contributed by atoms with Gasteiger partial charge in [-0.05, 0) is 18.2 Å².